The van der Waals surface area contributed by atoms with Crippen molar-refractivity contribution in [3.8, 4) is 17.6 Å². The molecule has 8 heteroatoms. The number of hydrogen-bond donors (Lipinski definition) is 2. The van der Waals surface area contributed by atoms with Gasteiger partial charge in [0.1, 0.15) is 12.6 Å². The number of hydrogen-bond acceptors (Lipinski definition) is 7. The van der Waals surface area contributed by atoms with E-state index in [1.807, 2.05) is 48.5 Å². The molecule has 1 amide bonds. The third kappa shape index (κ3) is 7.46. The fourth-order valence-electron chi connectivity index (χ4n) is 4.09. The summed E-state index contributed by atoms with van der Waals surface area (Å²) in [6.07, 6.45) is 0. The molecule has 0 bridgehead atoms. The second-order valence-electron chi connectivity index (χ2n) is 8.68. The maximum Gasteiger partial charge on any atom is 0.247 e. The third-order valence-corrected chi connectivity index (χ3v) is 6.19. The van der Waals surface area contributed by atoms with Crippen molar-refractivity contribution in [1.82, 2.24) is 10.2 Å². The number of morpholine rings is 1. The lowest BCUT2D eigenvalue weighted by atomic mass is 10.0. The zero-order valence-electron chi connectivity index (χ0n) is 21.0. The quantitative estimate of drug-likeness (QED) is 0.414. The number of nitrogens with one attached hydrogen (secondary N) is 2. The van der Waals surface area contributed by atoms with Gasteiger partial charge in [0.05, 0.1) is 32.0 Å². The molecule has 0 spiro atoms. The lowest BCUT2D eigenvalue weighted by Crippen LogP contribution is -2.38. The van der Waals surface area contributed by atoms with E-state index in [2.05, 4.69) is 21.6 Å². The zero-order chi connectivity index (χ0) is 25.9. The summed E-state index contributed by atoms with van der Waals surface area (Å²) in [5.41, 5.74) is 3.02. The van der Waals surface area contributed by atoms with Gasteiger partial charge in [0.15, 0.2) is 11.5 Å². The molecule has 1 fully saturated rings. The van der Waals surface area contributed by atoms with Gasteiger partial charge < -0.3 is 24.8 Å². The Labute approximate surface area is 217 Å². The first-order valence-electron chi connectivity index (χ1n) is 12.4. The molecule has 37 heavy (non-hydrogen) atoms. The molecule has 1 saturated heterocycles. The van der Waals surface area contributed by atoms with Gasteiger partial charge in [0, 0.05) is 31.9 Å². The van der Waals surface area contributed by atoms with Crippen LogP contribution in [0.5, 0.6) is 11.5 Å². The van der Waals surface area contributed by atoms with E-state index in [1.165, 1.54) is 0 Å². The van der Waals surface area contributed by atoms with E-state index in [4.69, 9.17) is 19.5 Å². The van der Waals surface area contributed by atoms with Crippen LogP contribution < -0.4 is 20.1 Å². The molecule has 0 aliphatic carbocycles. The smallest absolute Gasteiger partial charge is 0.247 e. The molecule has 1 unspecified atom stereocenters. The molecule has 0 saturated carbocycles. The minimum Gasteiger partial charge on any atom is -0.493 e. The fourth-order valence-corrected chi connectivity index (χ4v) is 4.09. The number of ether oxygens (including phenoxy) is 3. The Hall–Kier alpha value is -4.06. The Balaban J connectivity index is 1.49. The van der Waals surface area contributed by atoms with E-state index in [-0.39, 0.29) is 5.91 Å². The summed E-state index contributed by atoms with van der Waals surface area (Å²) in [6.45, 7) is 5.04. The number of anilines is 1. The van der Waals surface area contributed by atoms with E-state index in [0.29, 0.717) is 30.2 Å². The van der Waals surface area contributed by atoms with Crippen molar-refractivity contribution in [2.75, 3.05) is 51.9 Å². The summed E-state index contributed by atoms with van der Waals surface area (Å²) in [6, 6.07) is 23.7. The Morgan fingerprint density at radius 3 is 2.51 bits per heavy atom. The lowest BCUT2D eigenvalue weighted by molar-refractivity contribution is -0.122. The van der Waals surface area contributed by atoms with Crippen LogP contribution in [0.25, 0.3) is 0 Å². The minimum absolute atomic E-state index is 0.184. The maximum atomic E-state index is 13.4. The number of benzene rings is 3. The van der Waals surface area contributed by atoms with Gasteiger partial charge in [-0.2, -0.15) is 5.26 Å². The highest BCUT2D eigenvalue weighted by molar-refractivity contribution is 5.86. The second-order valence-corrected chi connectivity index (χ2v) is 8.68. The van der Waals surface area contributed by atoms with Crippen LogP contribution in [-0.4, -0.2) is 57.4 Å². The Bertz CT molecular complexity index is 1190. The van der Waals surface area contributed by atoms with E-state index >= 15 is 0 Å². The van der Waals surface area contributed by atoms with Gasteiger partial charge in [-0.15, -0.1) is 0 Å². The maximum absolute atomic E-state index is 13.4. The highest BCUT2D eigenvalue weighted by atomic mass is 16.5. The van der Waals surface area contributed by atoms with Crippen LogP contribution in [0.2, 0.25) is 0 Å². The summed E-state index contributed by atoms with van der Waals surface area (Å²) in [7, 11) is 1.59. The molecule has 1 aliphatic rings. The minimum atomic E-state index is -0.687. The highest BCUT2D eigenvalue weighted by Gasteiger charge is 2.22. The zero-order valence-corrected chi connectivity index (χ0v) is 21.0. The molecule has 4 rings (SSSR count). The van der Waals surface area contributed by atoms with Gasteiger partial charge in [-0.25, -0.2) is 0 Å². The predicted molar refractivity (Wildman–Crippen MR) is 142 cm³/mol. The predicted octanol–water partition coefficient (Wildman–Crippen LogP) is 3.75. The molecule has 1 atom stereocenters. The van der Waals surface area contributed by atoms with Gasteiger partial charge in [-0.3, -0.25) is 9.69 Å². The molecule has 3 aromatic carbocycles. The SMILES string of the molecule is COc1cc(C(Nc2ccc(C#N)cc2)C(=O)NCc2ccccc2)ccc1OCCN1CCOCC1. The molecule has 3 aromatic rings. The third-order valence-electron chi connectivity index (χ3n) is 6.19. The van der Waals surface area contributed by atoms with E-state index in [9.17, 15) is 4.79 Å². The monoisotopic (exact) mass is 500 g/mol. The Morgan fingerprint density at radius 2 is 1.81 bits per heavy atom. The van der Waals surface area contributed by atoms with Crippen molar-refractivity contribution in [2.24, 2.45) is 0 Å². The lowest BCUT2D eigenvalue weighted by Gasteiger charge is -2.26. The molecule has 2 N–H and O–H groups in total. The Morgan fingerprint density at radius 1 is 1.05 bits per heavy atom. The first-order valence-corrected chi connectivity index (χ1v) is 12.4. The molecular weight excluding hydrogens is 468 g/mol. The number of carbonyl (C=O) groups excluding carboxylic acids is 1. The number of carbonyl (C=O) groups is 1. The number of amides is 1. The van der Waals surface area contributed by atoms with Gasteiger partial charge in [-0.1, -0.05) is 36.4 Å². The van der Waals surface area contributed by atoms with E-state index < -0.39 is 6.04 Å². The highest BCUT2D eigenvalue weighted by Crippen LogP contribution is 2.32. The molecule has 192 valence electrons. The summed E-state index contributed by atoms with van der Waals surface area (Å²) in [4.78, 5) is 15.7. The van der Waals surface area contributed by atoms with Gasteiger partial charge in [-0.05, 0) is 47.5 Å². The fraction of sp³-hybridized carbons (Fsp3) is 0.310. The van der Waals surface area contributed by atoms with E-state index in [1.54, 1.807) is 31.4 Å². The number of methoxy groups -OCH3 is 1. The molecule has 1 aliphatic heterocycles. The van der Waals surface area contributed by atoms with Crippen LogP contribution in [-0.2, 0) is 16.1 Å². The van der Waals surface area contributed by atoms with Crippen molar-refractivity contribution in [2.45, 2.75) is 12.6 Å². The van der Waals surface area contributed by atoms with Crippen molar-refractivity contribution in [1.29, 1.82) is 5.26 Å². The molecule has 0 aromatic heterocycles. The van der Waals surface area contributed by atoms with Crippen molar-refractivity contribution in [3.63, 3.8) is 0 Å². The largest absolute Gasteiger partial charge is 0.493 e. The van der Waals surface area contributed by atoms with Crippen LogP contribution in [0.15, 0.2) is 72.8 Å². The molecular formula is C29H32N4O4. The van der Waals surface area contributed by atoms with Crippen molar-refractivity contribution < 1.29 is 19.0 Å². The normalized spacial score (nSPS) is 14.3. The van der Waals surface area contributed by atoms with Gasteiger partial charge in [0.25, 0.3) is 0 Å². The molecule has 1 heterocycles. The number of nitrogens with zero attached hydrogens (tertiary/aromatic N) is 2. The van der Waals surface area contributed by atoms with Crippen LogP contribution in [0.4, 0.5) is 5.69 Å². The summed E-state index contributed by atoms with van der Waals surface area (Å²) >= 11 is 0. The molecule has 8 nitrogen and oxygen atoms in total. The number of rotatable bonds is 11. The van der Waals surface area contributed by atoms with Crippen LogP contribution in [0.3, 0.4) is 0 Å². The summed E-state index contributed by atoms with van der Waals surface area (Å²) in [5.74, 6) is 1.000. The topological polar surface area (TPSA) is 95.8 Å². The summed E-state index contributed by atoms with van der Waals surface area (Å²) in [5, 5.41) is 15.4. The van der Waals surface area contributed by atoms with Crippen LogP contribution in [0.1, 0.15) is 22.7 Å². The first-order chi connectivity index (χ1) is 18.2. The first kappa shape index (κ1) is 26.0. The summed E-state index contributed by atoms with van der Waals surface area (Å²) < 4.78 is 17.0. The second kappa shape index (κ2) is 13.3. The standard InChI is InChI=1S/C29H32N4O4/c1-35-27-19-24(9-12-26(27)37-18-15-33-13-16-36-17-14-33)28(32-25-10-7-22(20-30)8-11-25)29(34)31-21-23-5-3-2-4-6-23/h2-12,19,28,32H,13-18,21H2,1H3,(H,31,34). The van der Waals surface area contributed by atoms with Crippen LogP contribution in [0, 0.1) is 11.3 Å². The number of nitriles is 1. The van der Waals surface area contributed by atoms with Gasteiger partial charge in [0.2, 0.25) is 5.91 Å². The van der Waals surface area contributed by atoms with Crippen molar-refractivity contribution in [3.05, 3.63) is 89.5 Å². The van der Waals surface area contributed by atoms with Gasteiger partial charge >= 0.3 is 0 Å². The van der Waals surface area contributed by atoms with E-state index in [0.717, 1.165) is 49.7 Å². The average Bonchev–Trinajstić information content (AvgIpc) is 2.96. The van der Waals surface area contributed by atoms with Crippen molar-refractivity contribution >= 4 is 11.6 Å². The van der Waals surface area contributed by atoms with Crippen LogP contribution >= 0.6 is 0 Å². The average molecular weight is 501 g/mol. The molecule has 0 radical (unpaired) electrons. The Kier molecular flexibility index (Phi) is 9.35.